The van der Waals surface area contributed by atoms with Crippen molar-refractivity contribution >= 4 is 12.3 Å². The van der Waals surface area contributed by atoms with Gasteiger partial charge in [-0.05, 0) is 12.8 Å². The zero-order valence-electron chi connectivity index (χ0n) is 9.12. The maximum atomic E-state index is 11.2. The Balaban J connectivity index is 3.47. The summed E-state index contributed by atoms with van der Waals surface area (Å²) in [6, 6.07) is 0. The van der Waals surface area contributed by atoms with Crippen molar-refractivity contribution in [1.29, 1.82) is 0 Å². The van der Waals surface area contributed by atoms with E-state index in [9.17, 15) is 9.59 Å². The molecule has 0 aromatic rings. The van der Waals surface area contributed by atoms with Crippen LogP contribution >= 0.6 is 0 Å². The van der Waals surface area contributed by atoms with Gasteiger partial charge in [-0.2, -0.15) is 0 Å². The summed E-state index contributed by atoms with van der Waals surface area (Å²) in [7, 11) is 0. The molecule has 0 saturated heterocycles. The average Bonchev–Trinajstić information content (AvgIpc) is 2.19. The summed E-state index contributed by atoms with van der Waals surface area (Å²) in [4.78, 5) is 21.6. The molecule has 0 rings (SSSR count). The van der Waals surface area contributed by atoms with Gasteiger partial charge in [0.25, 0.3) is 0 Å². The van der Waals surface area contributed by atoms with E-state index in [2.05, 4.69) is 6.92 Å². The molecule has 0 bridgehead atoms. The lowest BCUT2D eigenvalue weighted by atomic mass is 10.1. The van der Waals surface area contributed by atoms with E-state index in [1.54, 1.807) is 6.92 Å². The molecule has 3 heteroatoms. The van der Waals surface area contributed by atoms with E-state index in [-0.39, 0.29) is 5.97 Å². The van der Waals surface area contributed by atoms with E-state index in [1.807, 2.05) is 0 Å². The fourth-order valence-corrected chi connectivity index (χ4v) is 1.13. The molecule has 1 atom stereocenters. The third kappa shape index (κ3) is 5.73. The van der Waals surface area contributed by atoms with Gasteiger partial charge in [-0.3, -0.25) is 4.79 Å². The molecule has 0 fully saturated rings. The standard InChI is InChI=1S/C11H20O3/c1-3-5-6-7-8-14-11(13)10(4-2)9-12/h9-10H,3-8H2,1-2H3. The van der Waals surface area contributed by atoms with Crippen molar-refractivity contribution in [2.24, 2.45) is 5.92 Å². The van der Waals surface area contributed by atoms with Gasteiger partial charge in [0.2, 0.25) is 0 Å². The minimum absolute atomic E-state index is 0.376. The van der Waals surface area contributed by atoms with Gasteiger partial charge in [-0.15, -0.1) is 0 Å². The molecule has 0 aliphatic carbocycles. The number of carbonyl (C=O) groups excluding carboxylic acids is 2. The quantitative estimate of drug-likeness (QED) is 0.261. The number of carbonyl (C=O) groups is 2. The number of esters is 1. The molecule has 0 N–H and O–H groups in total. The van der Waals surface area contributed by atoms with Crippen LogP contribution in [0.15, 0.2) is 0 Å². The predicted molar refractivity (Wildman–Crippen MR) is 54.9 cm³/mol. The number of rotatable bonds is 8. The fourth-order valence-electron chi connectivity index (χ4n) is 1.13. The van der Waals surface area contributed by atoms with E-state index in [0.29, 0.717) is 19.3 Å². The Morgan fingerprint density at radius 1 is 1.29 bits per heavy atom. The van der Waals surface area contributed by atoms with Gasteiger partial charge in [0.05, 0.1) is 6.61 Å². The first-order valence-electron chi connectivity index (χ1n) is 5.38. The summed E-state index contributed by atoms with van der Waals surface area (Å²) in [6.45, 7) is 4.38. The van der Waals surface area contributed by atoms with Crippen LogP contribution < -0.4 is 0 Å². The van der Waals surface area contributed by atoms with Crippen molar-refractivity contribution in [1.82, 2.24) is 0 Å². The van der Waals surface area contributed by atoms with E-state index >= 15 is 0 Å². The van der Waals surface area contributed by atoms with Crippen molar-refractivity contribution in [3.63, 3.8) is 0 Å². The number of unbranched alkanes of at least 4 members (excludes halogenated alkanes) is 3. The normalized spacial score (nSPS) is 12.1. The lowest BCUT2D eigenvalue weighted by Crippen LogP contribution is -2.18. The molecule has 0 amide bonds. The zero-order chi connectivity index (χ0) is 10.8. The van der Waals surface area contributed by atoms with Crippen LogP contribution in [0.4, 0.5) is 0 Å². The highest BCUT2D eigenvalue weighted by molar-refractivity contribution is 5.87. The summed E-state index contributed by atoms with van der Waals surface area (Å²) in [6.07, 6.45) is 5.50. The second-order valence-electron chi connectivity index (χ2n) is 3.38. The average molecular weight is 200 g/mol. The summed E-state index contributed by atoms with van der Waals surface area (Å²) >= 11 is 0. The van der Waals surface area contributed by atoms with Gasteiger partial charge < -0.3 is 9.53 Å². The topological polar surface area (TPSA) is 43.4 Å². The van der Waals surface area contributed by atoms with Gasteiger partial charge in [0, 0.05) is 0 Å². The van der Waals surface area contributed by atoms with Crippen LogP contribution in [0.3, 0.4) is 0 Å². The van der Waals surface area contributed by atoms with Crippen molar-refractivity contribution in [3.05, 3.63) is 0 Å². The van der Waals surface area contributed by atoms with Crippen LogP contribution in [0.2, 0.25) is 0 Å². The Morgan fingerprint density at radius 3 is 2.50 bits per heavy atom. The smallest absolute Gasteiger partial charge is 0.316 e. The molecule has 1 unspecified atom stereocenters. The molecule has 3 nitrogen and oxygen atoms in total. The highest BCUT2D eigenvalue weighted by atomic mass is 16.5. The second-order valence-corrected chi connectivity index (χ2v) is 3.38. The first kappa shape index (κ1) is 13.1. The molecule has 0 aromatic heterocycles. The van der Waals surface area contributed by atoms with Gasteiger partial charge in [-0.25, -0.2) is 0 Å². The zero-order valence-corrected chi connectivity index (χ0v) is 9.12. The second kappa shape index (κ2) is 8.73. The minimum Gasteiger partial charge on any atom is -0.465 e. The largest absolute Gasteiger partial charge is 0.465 e. The third-order valence-corrected chi connectivity index (χ3v) is 2.15. The lowest BCUT2D eigenvalue weighted by molar-refractivity contribution is -0.149. The molecule has 0 heterocycles. The minimum atomic E-state index is -0.568. The predicted octanol–water partition coefficient (Wildman–Crippen LogP) is 2.33. The molecule has 82 valence electrons. The molecule has 0 radical (unpaired) electrons. The fraction of sp³-hybridized carbons (Fsp3) is 0.818. The van der Waals surface area contributed by atoms with Crippen LogP contribution in [0, 0.1) is 5.92 Å². The van der Waals surface area contributed by atoms with Crippen molar-refractivity contribution in [2.45, 2.75) is 46.0 Å². The number of aldehydes is 1. The Labute approximate surface area is 85.8 Å². The molecule has 0 spiro atoms. The molecular formula is C11H20O3. The number of hydrogen-bond donors (Lipinski definition) is 0. The maximum Gasteiger partial charge on any atom is 0.316 e. The van der Waals surface area contributed by atoms with Gasteiger partial charge in [0.1, 0.15) is 12.2 Å². The molecule has 0 aromatic carbocycles. The highest BCUT2D eigenvalue weighted by Crippen LogP contribution is 2.04. The van der Waals surface area contributed by atoms with Gasteiger partial charge in [-0.1, -0.05) is 33.1 Å². The summed E-state index contributed by atoms with van der Waals surface area (Å²) < 4.78 is 4.96. The third-order valence-electron chi connectivity index (χ3n) is 2.15. The van der Waals surface area contributed by atoms with Crippen LogP contribution in [0.5, 0.6) is 0 Å². The molecule has 0 saturated carbocycles. The Bertz CT molecular complexity index is 166. The molecule has 0 aliphatic heterocycles. The van der Waals surface area contributed by atoms with Gasteiger partial charge >= 0.3 is 5.97 Å². The molecule has 14 heavy (non-hydrogen) atoms. The lowest BCUT2D eigenvalue weighted by Gasteiger charge is -2.07. The summed E-state index contributed by atoms with van der Waals surface area (Å²) in [5.41, 5.74) is 0. The van der Waals surface area contributed by atoms with E-state index < -0.39 is 5.92 Å². The van der Waals surface area contributed by atoms with E-state index in [0.717, 1.165) is 12.8 Å². The van der Waals surface area contributed by atoms with Gasteiger partial charge in [0.15, 0.2) is 0 Å². The number of ether oxygens (including phenoxy) is 1. The molecule has 0 aliphatic rings. The Hall–Kier alpha value is -0.860. The monoisotopic (exact) mass is 200 g/mol. The first-order valence-corrected chi connectivity index (χ1v) is 5.38. The van der Waals surface area contributed by atoms with E-state index in [1.165, 1.54) is 12.8 Å². The van der Waals surface area contributed by atoms with Crippen LogP contribution in [-0.4, -0.2) is 18.9 Å². The van der Waals surface area contributed by atoms with Crippen molar-refractivity contribution in [2.75, 3.05) is 6.61 Å². The van der Waals surface area contributed by atoms with E-state index in [4.69, 9.17) is 4.74 Å². The summed E-state index contributed by atoms with van der Waals surface area (Å²) in [5.74, 6) is -0.944. The van der Waals surface area contributed by atoms with Crippen molar-refractivity contribution < 1.29 is 14.3 Å². The number of hydrogen-bond acceptors (Lipinski definition) is 3. The van der Waals surface area contributed by atoms with Crippen LogP contribution in [0.1, 0.15) is 46.0 Å². The SMILES string of the molecule is CCCCCCOC(=O)C(C=O)CC. The maximum absolute atomic E-state index is 11.2. The Kier molecular flexibility index (Phi) is 8.19. The van der Waals surface area contributed by atoms with Crippen molar-refractivity contribution in [3.8, 4) is 0 Å². The van der Waals surface area contributed by atoms with Crippen LogP contribution in [-0.2, 0) is 14.3 Å². The highest BCUT2D eigenvalue weighted by Gasteiger charge is 2.15. The van der Waals surface area contributed by atoms with Crippen LogP contribution in [0.25, 0.3) is 0 Å². The summed E-state index contributed by atoms with van der Waals surface area (Å²) in [5, 5.41) is 0. The molecular weight excluding hydrogens is 180 g/mol. The Morgan fingerprint density at radius 2 is 2.00 bits per heavy atom. The first-order chi connectivity index (χ1) is 6.76.